The number of likely N-dealkylation sites (N-methyl/N-ethyl adjacent to an activating group) is 1. The summed E-state index contributed by atoms with van der Waals surface area (Å²) in [5.74, 6) is -1.08. The first kappa shape index (κ1) is 13.4. The van der Waals surface area contributed by atoms with Crippen molar-refractivity contribution < 1.29 is 18.3 Å². The number of hydrogen-bond acceptors (Lipinski definition) is 3. The lowest BCUT2D eigenvalue weighted by molar-refractivity contribution is -0.137. The zero-order valence-corrected chi connectivity index (χ0v) is 9.54. The molecule has 0 aliphatic heterocycles. The van der Waals surface area contributed by atoms with Crippen LogP contribution in [0.3, 0.4) is 0 Å². The standard InChI is InChI=1S/C8H17NO4S/c1-4-7(2)6-14(12,13)9(3)5-8(10)11/h7H,4-6H2,1-3H3,(H,10,11). The van der Waals surface area contributed by atoms with Gasteiger partial charge in [0.05, 0.1) is 5.75 Å². The van der Waals surface area contributed by atoms with Gasteiger partial charge < -0.3 is 5.11 Å². The molecule has 0 bridgehead atoms. The number of carboxylic acids is 1. The number of aliphatic carboxylic acids is 1. The van der Waals surface area contributed by atoms with Crippen molar-refractivity contribution in [3.8, 4) is 0 Å². The van der Waals surface area contributed by atoms with Gasteiger partial charge in [0.25, 0.3) is 0 Å². The summed E-state index contributed by atoms with van der Waals surface area (Å²) < 4.78 is 23.9. The van der Waals surface area contributed by atoms with Gasteiger partial charge in [0, 0.05) is 7.05 Å². The van der Waals surface area contributed by atoms with E-state index < -0.39 is 22.5 Å². The van der Waals surface area contributed by atoms with Gasteiger partial charge in [-0.15, -0.1) is 0 Å². The highest BCUT2D eigenvalue weighted by Crippen LogP contribution is 2.08. The lowest BCUT2D eigenvalue weighted by Gasteiger charge is -2.17. The predicted molar refractivity (Wildman–Crippen MR) is 53.5 cm³/mol. The molecule has 0 rings (SSSR count). The Balaban J connectivity index is 4.39. The van der Waals surface area contributed by atoms with Gasteiger partial charge in [0.1, 0.15) is 6.54 Å². The van der Waals surface area contributed by atoms with E-state index in [-0.39, 0.29) is 11.7 Å². The van der Waals surface area contributed by atoms with Crippen molar-refractivity contribution in [1.82, 2.24) is 4.31 Å². The maximum atomic E-state index is 11.5. The Hall–Kier alpha value is -0.620. The summed E-state index contributed by atoms with van der Waals surface area (Å²) >= 11 is 0. The number of rotatable bonds is 6. The van der Waals surface area contributed by atoms with Crippen LogP contribution in [-0.2, 0) is 14.8 Å². The van der Waals surface area contributed by atoms with Crippen LogP contribution in [-0.4, -0.2) is 43.1 Å². The summed E-state index contributed by atoms with van der Waals surface area (Å²) in [7, 11) is -2.13. The highest BCUT2D eigenvalue weighted by molar-refractivity contribution is 7.89. The van der Waals surface area contributed by atoms with Crippen LogP contribution in [0.2, 0.25) is 0 Å². The predicted octanol–water partition coefficient (Wildman–Crippen LogP) is 0.379. The molecule has 1 unspecified atom stereocenters. The molecule has 84 valence electrons. The molecule has 0 aromatic rings. The smallest absolute Gasteiger partial charge is 0.318 e. The van der Waals surface area contributed by atoms with Gasteiger partial charge in [0.2, 0.25) is 10.0 Å². The Morgan fingerprint density at radius 1 is 1.50 bits per heavy atom. The second-order valence-corrected chi connectivity index (χ2v) is 5.56. The van der Waals surface area contributed by atoms with Gasteiger partial charge >= 0.3 is 5.97 Å². The van der Waals surface area contributed by atoms with Crippen molar-refractivity contribution >= 4 is 16.0 Å². The Bertz CT molecular complexity index is 286. The number of carboxylic acid groups (broad SMARTS) is 1. The molecule has 0 spiro atoms. The SMILES string of the molecule is CCC(C)CS(=O)(=O)N(C)CC(=O)O. The van der Waals surface area contributed by atoms with Crippen LogP contribution >= 0.6 is 0 Å². The summed E-state index contributed by atoms with van der Waals surface area (Å²) in [5.41, 5.74) is 0. The van der Waals surface area contributed by atoms with Crippen LogP contribution in [0.1, 0.15) is 20.3 Å². The van der Waals surface area contributed by atoms with Crippen LogP contribution in [0.25, 0.3) is 0 Å². The molecule has 1 N–H and O–H groups in total. The van der Waals surface area contributed by atoms with E-state index >= 15 is 0 Å². The number of hydrogen-bond donors (Lipinski definition) is 1. The molecule has 0 aliphatic rings. The Morgan fingerprint density at radius 2 is 2.00 bits per heavy atom. The monoisotopic (exact) mass is 223 g/mol. The minimum atomic E-state index is -3.41. The van der Waals surface area contributed by atoms with Gasteiger partial charge in [-0.2, -0.15) is 4.31 Å². The van der Waals surface area contributed by atoms with Crippen molar-refractivity contribution in [2.24, 2.45) is 5.92 Å². The maximum absolute atomic E-state index is 11.5. The van der Waals surface area contributed by atoms with E-state index in [0.717, 1.165) is 10.7 Å². The zero-order valence-electron chi connectivity index (χ0n) is 8.73. The molecule has 0 aromatic heterocycles. The van der Waals surface area contributed by atoms with E-state index in [4.69, 9.17) is 5.11 Å². The molecule has 0 saturated heterocycles. The fourth-order valence-corrected chi connectivity index (χ4v) is 2.41. The van der Waals surface area contributed by atoms with Crippen LogP contribution in [0.4, 0.5) is 0 Å². The molecule has 6 heteroatoms. The van der Waals surface area contributed by atoms with E-state index in [2.05, 4.69) is 0 Å². The largest absolute Gasteiger partial charge is 0.480 e. The lowest BCUT2D eigenvalue weighted by atomic mass is 10.2. The Kier molecular flexibility index (Phi) is 5.07. The van der Waals surface area contributed by atoms with Crippen LogP contribution in [0.15, 0.2) is 0 Å². The van der Waals surface area contributed by atoms with Crippen molar-refractivity contribution in [1.29, 1.82) is 0 Å². The number of sulfonamides is 1. The molecule has 0 fully saturated rings. The van der Waals surface area contributed by atoms with Crippen molar-refractivity contribution in [2.45, 2.75) is 20.3 Å². The highest BCUT2D eigenvalue weighted by atomic mass is 32.2. The van der Waals surface area contributed by atoms with Gasteiger partial charge in [-0.3, -0.25) is 4.79 Å². The number of nitrogens with zero attached hydrogens (tertiary/aromatic N) is 1. The third-order valence-corrected chi connectivity index (χ3v) is 4.09. The van der Waals surface area contributed by atoms with Crippen LogP contribution in [0.5, 0.6) is 0 Å². The van der Waals surface area contributed by atoms with Crippen LogP contribution in [0, 0.1) is 5.92 Å². The summed E-state index contributed by atoms with van der Waals surface area (Å²) in [6.45, 7) is 3.25. The Labute approximate surface area is 84.8 Å². The van der Waals surface area contributed by atoms with Gasteiger partial charge in [-0.05, 0) is 5.92 Å². The van der Waals surface area contributed by atoms with Crippen molar-refractivity contribution in [3.05, 3.63) is 0 Å². The van der Waals surface area contributed by atoms with Crippen molar-refractivity contribution in [2.75, 3.05) is 19.3 Å². The average Bonchev–Trinajstić information content (AvgIpc) is 2.02. The van der Waals surface area contributed by atoms with E-state index in [1.165, 1.54) is 7.05 Å². The molecule has 1 atom stereocenters. The second kappa shape index (κ2) is 5.31. The molecule has 0 aromatic carbocycles. The van der Waals surface area contributed by atoms with Gasteiger partial charge in [-0.25, -0.2) is 8.42 Å². The summed E-state index contributed by atoms with van der Waals surface area (Å²) in [5, 5.41) is 8.43. The van der Waals surface area contributed by atoms with Gasteiger partial charge in [-0.1, -0.05) is 20.3 Å². The molecule has 5 nitrogen and oxygen atoms in total. The number of carbonyl (C=O) groups is 1. The average molecular weight is 223 g/mol. The van der Waals surface area contributed by atoms with E-state index in [1.54, 1.807) is 0 Å². The summed E-state index contributed by atoms with van der Waals surface area (Å²) in [4.78, 5) is 10.3. The Morgan fingerprint density at radius 3 is 2.36 bits per heavy atom. The molecule has 0 saturated carbocycles. The maximum Gasteiger partial charge on any atom is 0.318 e. The summed E-state index contributed by atoms with van der Waals surface area (Å²) in [6, 6.07) is 0. The fraction of sp³-hybridized carbons (Fsp3) is 0.875. The molecular formula is C8H17NO4S. The van der Waals surface area contributed by atoms with Crippen LogP contribution < -0.4 is 0 Å². The van der Waals surface area contributed by atoms with E-state index in [0.29, 0.717) is 0 Å². The quantitative estimate of drug-likeness (QED) is 0.706. The highest BCUT2D eigenvalue weighted by Gasteiger charge is 2.22. The molecular weight excluding hydrogens is 206 g/mol. The first-order valence-corrected chi connectivity index (χ1v) is 6.06. The van der Waals surface area contributed by atoms with E-state index in [9.17, 15) is 13.2 Å². The lowest BCUT2D eigenvalue weighted by Crippen LogP contribution is -2.35. The summed E-state index contributed by atoms with van der Waals surface area (Å²) in [6.07, 6.45) is 0.764. The van der Waals surface area contributed by atoms with Gasteiger partial charge in [0.15, 0.2) is 0 Å². The normalized spacial score (nSPS) is 14.3. The molecule has 0 radical (unpaired) electrons. The molecule has 0 amide bonds. The third-order valence-electron chi connectivity index (χ3n) is 2.02. The third kappa shape index (κ3) is 4.57. The second-order valence-electron chi connectivity index (χ2n) is 3.44. The first-order valence-electron chi connectivity index (χ1n) is 4.45. The minimum absolute atomic E-state index is 0.00722. The van der Waals surface area contributed by atoms with E-state index in [1.807, 2.05) is 13.8 Å². The molecule has 0 heterocycles. The minimum Gasteiger partial charge on any atom is -0.480 e. The fourth-order valence-electron chi connectivity index (χ4n) is 0.893. The topological polar surface area (TPSA) is 74.7 Å². The molecule has 14 heavy (non-hydrogen) atoms. The zero-order chi connectivity index (χ0) is 11.4. The molecule has 0 aliphatic carbocycles. The van der Waals surface area contributed by atoms with Crippen molar-refractivity contribution in [3.63, 3.8) is 0 Å². The first-order chi connectivity index (χ1) is 6.29.